The molecule has 0 aliphatic heterocycles. The molecular weight excluding hydrogens is 158 g/mol. The molecule has 12 heavy (non-hydrogen) atoms. The van der Waals surface area contributed by atoms with Gasteiger partial charge in [-0.25, -0.2) is 4.84 Å². The molecule has 68 valence electrons. The molecule has 0 bridgehead atoms. The molecule has 4 heteroatoms. The van der Waals surface area contributed by atoms with Gasteiger partial charge >= 0.3 is 0 Å². The quantitative estimate of drug-likeness (QED) is 0.488. The predicted molar refractivity (Wildman–Crippen MR) is 44.5 cm³/mol. The van der Waals surface area contributed by atoms with E-state index in [2.05, 4.69) is 11.4 Å². The third-order valence-electron chi connectivity index (χ3n) is 1.06. The first-order valence-electron chi connectivity index (χ1n) is 3.45. The summed E-state index contributed by atoms with van der Waals surface area (Å²) in [5.74, 6) is 0. The highest BCUT2D eigenvalue weighted by atomic mass is 17.1. The summed E-state index contributed by atoms with van der Waals surface area (Å²) < 4.78 is 0. The van der Waals surface area contributed by atoms with E-state index in [1.54, 1.807) is 18.2 Å². The Morgan fingerprint density at radius 3 is 2.67 bits per heavy atom. The summed E-state index contributed by atoms with van der Waals surface area (Å²) >= 11 is 0. The van der Waals surface area contributed by atoms with Gasteiger partial charge in [-0.3, -0.25) is 10.4 Å². The van der Waals surface area contributed by atoms with Gasteiger partial charge in [0.05, 0.1) is 12.0 Å². The Balaban J connectivity index is 3.96. The first-order chi connectivity index (χ1) is 5.70. The summed E-state index contributed by atoms with van der Waals surface area (Å²) in [5, 5.41) is 16.1. The van der Waals surface area contributed by atoms with Crippen molar-refractivity contribution in [3.63, 3.8) is 0 Å². The minimum absolute atomic E-state index is 0.0867. The fourth-order valence-electron chi connectivity index (χ4n) is 0.650. The third kappa shape index (κ3) is 5.82. The van der Waals surface area contributed by atoms with Gasteiger partial charge in [-0.2, -0.15) is 0 Å². The molecule has 0 unspecified atom stereocenters. The first-order valence-corrected chi connectivity index (χ1v) is 3.45. The van der Waals surface area contributed by atoms with Crippen molar-refractivity contribution in [2.45, 2.75) is 6.92 Å². The Kier molecular flexibility index (Phi) is 6.22. The number of allylic oxidation sites excluding steroid dienone is 3. The normalized spacial score (nSPS) is 12.8. The van der Waals surface area contributed by atoms with Gasteiger partial charge in [-0.15, -0.1) is 0 Å². The fourth-order valence-corrected chi connectivity index (χ4v) is 0.650. The Morgan fingerprint density at radius 2 is 2.25 bits per heavy atom. The summed E-state index contributed by atoms with van der Waals surface area (Å²) in [4.78, 5) is 4.39. The van der Waals surface area contributed by atoms with Crippen molar-refractivity contribution >= 4 is 0 Å². The van der Waals surface area contributed by atoms with E-state index in [1.165, 1.54) is 0 Å². The van der Waals surface area contributed by atoms with Gasteiger partial charge in [0, 0.05) is 0 Å². The number of nitrogens with zero attached hydrogens (tertiary/aromatic N) is 1. The van der Waals surface area contributed by atoms with Gasteiger partial charge in [-0.05, 0) is 12.5 Å². The van der Waals surface area contributed by atoms with Crippen molar-refractivity contribution in [2.75, 3.05) is 6.61 Å². The zero-order chi connectivity index (χ0) is 9.40. The summed E-state index contributed by atoms with van der Waals surface area (Å²) in [6.45, 7) is 5.45. The van der Waals surface area contributed by atoms with E-state index in [9.17, 15) is 0 Å². The molecule has 0 amide bonds. The summed E-state index contributed by atoms with van der Waals surface area (Å²) in [5.41, 5.74) is 0.792. The number of hydrogen-bond donors (Lipinski definition) is 2. The van der Waals surface area contributed by atoms with Crippen LogP contribution in [0.25, 0.3) is 0 Å². The van der Waals surface area contributed by atoms with Crippen LogP contribution >= 0.6 is 0 Å². The highest BCUT2D eigenvalue weighted by Crippen LogP contribution is 1.98. The molecule has 0 radical (unpaired) electrons. The Labute approximate surface area is 71.5 Å². The lowest BCUT2D eigenvalue weighted by Crippen LogP contribution is -2.15. The molecule has 0 saturated carbocycles. The van der Waals surface area contributed by atoms with Crippen LogP contribution in [0.3, 0.4) is 0 Å². The largest absolute Gasteiger partial charge is 0.266 e. The van der Waals surface area contributed by atoms with E-state index in [-0.39, 0.29) is 12.0 Å². The molecule has 0 fully saturated rings. The van der Waals surface area contributed by atoms with Crippen LogP contribution in [0, 0.1) is 0 Å². The van der Waals surface area contributed by atoms with Gasteiger partial charge in [0.1, 0.15) is 0 Å². The van der Waals surface area contributed by atoms with Gasteiger partial charge in [0.25, 0.3) is 0 Å². The molecule has 0 atom stereocenters. The van der Waals surface area contributed by atoms with Crippen LogP contribution < -0.4 is 0 Å². The highest BCUT2D eigenvalue weighted by molar-refractivity contribution is 5.22. The molecule has 0 aromatic heterocycles. The van der Waals surface area contributed by atoms with Crippen LogP contribution in [0.15, 0.2) is 36.5 Å². The topological polar surface area (TPSA) is 52.9 Å². The van der Waals surface area contributed by atoms with Crippen molar-refractivity contribution in [2.24, 2.45) is 0 Å². The second kappa shape index (κ2) is 6.75. The summed E-state index contributed by atoms with van der Waals surface area (Å²) in [6.07, 6.45) is 6.91. The average molecular weight is 171 g/mol. The van der Waals surface area contributed by atoms with Gasteiger partial charge in [-0.1, -0.05) is 30.9 Å². The standard InChI is InChI=1S/C8H13NO3/c1-3-5-8(6-4-2)7-12-9(10)11/h3-6,10-11H,1,7H2,2H3/b6-4-,8-5+. The van der Waals surface area contributed by atoms with Crippen molar-refractivity contribution < 1.29 is 15.3 Å². The van der Waals surface area contributed by atoms with Crippen LogP contribution in [0.2, 0.25) is 0 Å². The minimum atomic E-state index is -0.319. The second-order valence-corrected chi connectivity index (χ2v) is 2.00. The number of rotatable bonds is 5. The van der Waals surface area contributed by atoms with E-state index < -0.39 is 0 Å². The average Bonchev–Trinajstić information content (AvgIpc) is 2.01. The van der Waals surface area contributed by atoms with Crippen LogP contribution in [0.5, 0.6) is 0 Å². The van der Waals surface area contributed by atoms with E-state index in [4.69, 9.17) is 10.4 Å². The van der Waals surface area contributed by atoms with E-state index in [0.717, 1.165) is 5.57 Å². The molecule has 2 N–H and O–H groups in total. The molecule has 0 aromatic rings. The van der Waals surface area contributed by atoms with Crippen molar-refractivity contribution in [3.05, 3.63) is 36.5 Å². The minimum Gasteiger partial charge on any atom is -0.266 e. The smallest absolute Gasteiger partial charge is 0.0986 e. The first kappa shape index (κ1) is 11.1. The second-order valence-electron chi connectivity index (χ2n) is 2.00. The van der Waals surface area contributed by atoms with Crippen LogP contribution in [0.4, 0.5) is 0 Å². The lowest BCUT2D eigenvalue weighted by atomic mass is 10.2. The Hall–Kier alpha value is -0.940. The van der Waals surface area contributed by atoms with Crippen molar-refractivity contribution in [3.8, 4) is 0 Å². The Morgan fingerprint density at radius 1 is 1.58 bits per heavy atom. The monoisotopic (exact) mass is 171 g/mol. The molecule has 0 aliphatic carbocycles. The zero-order valence-corrected chi connectivity index (χ0v) is 6.97. The van der Waals surface area contributed by atoms with Crippen LogP contribution in [-0.4, -0.2) is 22.4 Å². The van der Waals surface area contributed by atoms with E-state index in [0.29, 0.717) is 0 Å². The summed E-state index contributed by atoms with van der Waals surface area (Å²) in [6, 6.07) is 0. The molecule has 0 spiro atoms. The molecule has 0 saturated heterocycles. The molecule has 0 aromatic carbocycles. The van der Waals surface area contributed by atoms with Gasteiger partial charge < -0.3 is 0 Å². The van der Waals surface area contributed by atoms with Gasteiger partial charge in [0.2, 0.25) is 0 Å². The predicted octanol–water partition coefficient (Wildman–Crippen LogP) is 1.69. The zero-order valence-electron chi connectivity index (χ0n) is 6.97. The maximum Gasteiger partial charge on any atom is 0.0986 e. The van der Waals surface area contributed by atoms with Crippen molar-refractivity contribution in [1.82, 2.24) is 5.39 Å². The summed E-state index contributed by atoms with van der Waals surface area (Å²) in [7, 11) is 0. The SMILES string of the molecule is C=C/C=C(\C=C/C)CON(O)O. The molecular formula is C8H13NO3. The molecule has 0 heterocycles. The van der Waals surface area contributed by atoms with E-state index in [1.807, 2.05) is 13.0 Å². The lowest BCUT2D eigenvalue weighted by Gasteiger charge is -2.05. The van der Waals surface area contributed by atoms with Gasteiger partial charge in [0.15, 0.2) is 0 Å². The van der Waals surface area contributed by atoms with Crippen molar-refractivity contribution in [1.29, 1.82) is 0 Å². The lowest BCUT2D eigenvalue weighted by molar-refractivity contribution is -0.489. The molecule has 0 aliphatic rings. The fraction of sp³-hybridized carbons (Fsp3) is 0.250. The van der Waals surface area contributed by atoms with Crippen LogP contribution in [0.1, 0.15) is 6.92 Å². The third-order valence-corrected chi connectivity index (χ3v) is 1.06. The molecule has 0 rings (SSSR count). The van der Waals surface area contributed by atoms with Crippen LogP contribution in [-0.2, 0) is 4.84 Å². The molecule has 4 nitrogen and oxygen atoms in total. The highest BCUT2D eigenvalue weighted by Gasteiger charge is 1.95. The maximum atomic E-state index is 8.23. The number of hydrogen-bond acceptors (Lipinski definition) is 4. The Bertz CT molecular complexity index is 185. The van der Waals surface area contributed by atoms with E-state index >= 15 is 0 Å². The maximum absolute atomic E-state index is 8.23.